The van der Waals surface area contributed by atoms with E-state index in [1.54, 1.807) is 19.1 Å². The van der Waals surface area contributed by atoms with Crippen LogP contribution >= 0.6 is 22.6 Å². The average Bonchev–Trinajstić information content (AvgIpc) is 2.24. The fourth-order valence-corrected chi connectivity index (χ4v) is 2.43. The number of phenols is 1. The predicted molar refractivity (Wildman–Crippen MR) is 74.5 cm³/mol. The van der Waals surface area contributed by atoms with Crippen LogP contribution in [0.15, 0.2) is 12.1 Å². The van der Waals surface area contributed by atoms with Gasteiger partial charge in [-0.1, -0.05) is 6.07 Å². The number of carboxylic acid groups (broad SMARTS) is 1. The molecule has 0 aliphatic heterocycles. The summed E-state index contributed by atoms with van der Waals surface area (Å²) < 4.78 is 0.662. The SMILES string of the molecule is CC(=O)N[C@@H](Cc1cc(C)c(O)c(I)c1)C(=O)O. The van der Waals surface area contributed by atoms with Crippen molar-refractivity contribution in [1.82, 2.24) is 5.32 Å². The lowest BCUT2D eigenvalue weighted by atomic mass is 10.0. The molecule has 98 valence electrons. The smallest absolute Gasteiger partial charge is 0.326 e. The minimum absolute atomic E-state index is 0.187. The van der Waals surface area contributed by atoms with Crippen molar-refractivity contribution < 1.29 is 19.8 Å². The Kier molecular flexibility index (Phi) is 4.94. The lowest BCUT2D eigenvalue weighted by Gasteiger charge is -2.14. The first-order valence-electron chi connectivity index (χ1n) is 5.29. The second-order valence-corrected chi connectivity index (χ2v) is 5.20. The van der Waals surface area contributed by atoms with Gasteiger partial charge in [0.25, 0.3) is 0 Å². The highest BCUT2D eigenvalue weighted by Crippen LogP contribution is 2.25. The van der Waals surface area contributed by atoms with Crippen molar-refractivity contribution in [2.45, 2.75) is 26.3 Å². The van der Waals surface area contributed by atoms with Crippen molar-refractivity contribution in [3.05, 3.63) is 26.8 Å². The molecule has 6 heteroatoms. The van der Waals surface area contributed by atoms with Crippen LogP contribution < -0.4 is 5.32 Å². The van der Waals surface area contributed by atoms with Crippen LogP contribution in [0.25, 0.3) is 0 Å². The number of carboxylic acids is 1. The van der Waals surface area contributed by atoms with E-state index in [-0.39, 0.29) is 18.1 Å². The van der Waals surface area contributed by atoms with Gasteiger partial charge in [0.2, 0.25) is 5.91 Å². The number of carbonyl (C=O) groups is 2. The molecule has 1 atom stereocenters. The number of rotatable bonds is 4. The highest BCUT2D eigenvalue weighted by molar-refractivity contribution is 14.1. The zero-order chi connectivity index (χ0) is 13.9. The van der Waals surface area contributed by atoms with E-state index in [1.807, 2.05) is 22.6 Å². The lowest BCUT2D eigenvalue weighted by molar-refractivity contribution is -0.141. The number of aromatic hydroxyl groups is 1. The zero-order valence-electron chi connectivity index (χ0n) is 10.0. The molecular weight excluding hydrogens is 349 g/mol. The zero-order valence-corrected chi connectivity index (χ0v) is 12.2. The minimum Gasteiger partial charge on any atom is -0.507 e. The number of aliphatic carboxylic acids is 1. The third-order valence-electron chi connectivity index (χ3n) is 2.43. The number of carbonyl (C=O) groups excluding carboxylic acids is 1. The highest BCUT2D eigenvalue weighted by atomic mass is 127. The summed E-state index contributed by atoms with van der Waals surface area (Å²) >= 11 is 1.98. The molecule has 0 aliphatic rings. The Bertz CT molecular complexity index is 464. The first-order chi connectivity index (χ1) is 8.31. The third-order valence-corrected chi connectivity index (χ3v) is 3.25. The van der Waals surface area contributed by atoms with Gasteiger partial charge in [0.1, 0.15) is 11.8 Å². The summed E-state index contributed by atoms with van der Waals surface area (Å²) in [6, 6.07) is 2.47. The van der Waals surface area contributed by atoms with Crippen LogP contribution in [0.3, 0.4) is 0 Å². The summed E-state index contributed by atoms with van der Waals surface area (Å²) in [5.41, 5.74) is 1.44. The maximum atomic E-state index is 11.0. The Labute approximate surface area is 118 Å². The van der Waals surface area contributed by atoms with Gasteiger partial charge >= 0.3 is 5.97 Å². The van der Waals surface area contributed by atoms with Gasteiger partial charge in [-0.25, -0.2) is 4.79 Å². The summed E-state index contributed by atoms with van der Waals surface area (Å²) in [6.07, 6.45) is 0.187. The summed E-state index contributed by atoms with van der Waals surface area (Å²) in [7, 11) is 0. The summed E-state index contributed by atoms with van der Waals surface area (Å²) in [5.74, 6) is -1.26. The molecule has 0 radical (unpaired) electrons. The predicted octanol–water partition coefficient (Wildman–Crippen LogP) is 1.44. The maximum Gasteiger partial charge on any atom is 0.326 e. The molecule has 0 saturated heterocycles. The van der Waals surface area contributed by atoms with Crippen molar-refractivity contribution in [2.24, 2.45) is 0 Å². The van der Waals surface area contributed by atoms with Crippen molar-refractivity contribution in [2.75, 3.05) is 0 Å². The van der Waals surface area contributed by atoms with Gasteiger partial charge in [-0.15, -0.1) is 0 Å². The molecule has 0 spiro atoms. The summed E-state index contributed by atoms with van der Waals surface area (Å²) in [5, 5.41) is 21.0. The Balaban J connectivity index is 2.94. The van der Waals surface area contributed by atoms with E-state index in [4.69, 9.17) is 5.11 Å². The fourth-order valence-electron chi connectivity index (χ4n) is 1.61. The second-order valence-electron chi connectivity index (χ2n) is 4.04. The Morgan fingerprint density at radius 3 is 2.50 bits per heavy atom. The van der Waals surface area contributed by atoms with Crippen molar-refractivity contribution in [3.8, 4) is 5.75 Å². The first kappa shape index (κ1) is 14.7. The molecule has 0 bridgehead atoms. The molecule has 5 nitrogen and oxygen atoms in total. The monoisotopic (exact) mass is 363 g/mol. The molecule has 1 aromatic rings. The van der Waals surface area contributed by atoms with Gasteiger partial charge < -0.3 is 15.5 Å². The van der Waals surface area contributed by atoms with Crippen molar-refractivity contribution >= 4 is 34.5 Å². The molecule has 1 rings (SSSR count). The van der Waals surface area contributed by atoms with E-state index in [2.05, 4.69) is 5.32 Å². The molecule has 0 aliphatic carbocycles. The van der Waals surface area contributed by atoms with E-state index in [9.17, 15) is 14.7 Å². The molecule has 0 unspecified atom stereocenters. The van der Waals surface area contributed by atoms with E-state index in [0.29, 0.717) is 9.13 Å². The van der Waals surface area contributed by atoms with Crippen LogP contribution in [0.1, 0.15) is 18.1 Å². The highest BCUT2D eigenvalue weighted by Gasteiger charge is 2.19. The first-order valence-corrected chi connectivity index (χ1v) is 6.37. The Morgan fingerprint density at radius 1 is 1.44 bits per heavy atom. The number of benzene rings is 1. The lowest BCUT2D eigenvalue weighted by Crippen LogP contribution is -2.41. The van der Waals surface area contributed by atoms with Gasteiger partial charge in [-0.05, 0) is 46.7 Å². The fraction of sp³-hybridized carbons (Fsp3) is 0.333. The van der Waals surface area contributed by atoms with E-state index in [1.165, 1.54) is 6.92 Å². The summed E-state index contributed by atoms with van der Waals surface area (Å²) in [6.45, 7) is 3.02. The van der Waals surface area contributed by atoms with Crippen LogP contribution in [0.5, 0.6) is 5.75 Å². The van der Waals surface area contributed by atoms with E-state index in [0.717, 1.165) is 5.56 Å². The molecular formula is C12H14INO4. The van der Waals surface area contributed by atoms with Crippen LogP contribution in [0, 0.1) is 10.5 Å². The average molecular weight is 363 g/mol. The van der Waals surface area contributed by atoms with Crippen LogP contribution in [-0.2, 0) is 16.0 Å². The van der Waals surface area contributed by atoms with Gasteiger partial charge in [0, 0.05) is 13.3 Å². The van der Waals surface area contributed by atoms with Crippen molar-refractivity contribution in [1.29, 1.82) is 0 Å². The number of hydrogen-bond acceptors (Lipinski definition) is 3. The number of nitrogens with one attached hydrogen (secondary N) is 1. The van der Waals surface area contributed by atoms with Crippen LogP contribution in [-0.4, -0.2) is 28.1 Å². The Hall–Kier alpha value is -1.31. The maximum absolute atomic E-state index is 11.0. The molecule has 0 saturated carbocycles. The molecule has 1 aromatic carbocycles. The largest absolute Gasteiger partial charge is 0.507 e. The van der Waals surface area contributed by atoms with E-state index < -0.39 is 12.0 Å². The van der Waals surface area contributed by atoms with Gasteiger partial charge in [0.15, 0.2) is 0 Å². The van der Waals surface area contributed by atoms with Crippen LogP contribution in [0.4, 0.5) is 0 Å². The van der Waals surface area contributed by atoms with E-state index >= 15 is 0 Å². The number of hydrogen-bond donors (Lipinski definition) is 3. The molecule has 0 aromatic heterocycles. The quantitative estimate of drug-likeness (QED) is 0.707. The molecule has 3 N–H and O–H groups in total. The van der Waals surface area contributed by atoms with Crippen LogP contribution in [0.2, 0.25) is 0 Å². The molecule has 0 fully saturated rings. The topological polar surface area (TPSA) is 86.6 Å². The molecule has 0 heterocycles. The molecule has 1 amide bonds. The summed E-state index contributed by atoms with van der Waals surface area (Å²) in [4.78, 5) is 21.9. The second kappa shape index (κ2) is 6.03. The molecule has 18 heavy (non-hydrogen) atoms. The number of halogens is 1. The third kappa shape index (κ3) is 3.86. The minimum atomic E-state index is -1.08. The normalized spacial score (nSPS) is 11.9. The van der Waals surface area contributed by atoms with Gasteiger partial charge in [-0.3, -0.25) is 4.79 Å². The van der Waals surface area contributed by atoms with Crippen molar-refractivity contribution in [3.63, 3.8) is 0 Å². The number of aryl methyl sites for hydroxylation is 1. The number of phenolic OH excluding ortho intramolecular Hbond substituents is 1. The van der Waals surface area contributed by atoms with Gasteiger partial charge in [0.05, 0.1) is 3.57 Å². The van der Waals surface area contributed by atoms with Gasteiger partial charge in [-0.2, -0.15) is 0 Å². The standard InChI is InChI=1S/C12H14INO4/c1-6-3-8(4-9(13)11(6)16)5-10(12(17)18)14-7(2)15/h3-4,10,16H,5H2,1-2H3,(H,14,15)(H,17,18)/t10-/m0/s1. The Morgan fingerprint density at radius 2 is 2.06 bits per heavy atom. The number of amides is 1.